The van der Waals surface area contributed by atoms with Crippen molar-refractivity contribution in [1.29, 1.82) is 0 Å². The lowest BCUT2D eigenvalue weighted by atomic mass is 10.2. The summed E-state index contributed by atoms with van der Waals surface area (Å²) in [7, 11) is 0. The molecule has 0 rings (SSSR count). The molecule has 0 fully saturated rings. The molecule has 0 bridgehead atoms. The van der Waals surface area contributed by atoms with E-state index in [2.05, 4.69) is 24.6 Å². The number of rotatable bonds is 7. The van der Waals surface area contributed by atoms with Crippen LogP contribution in [0.3, 0.4) is 0 Å². The third kappa shape index (κ3) is 6.04. The van der Waals surface area contributed by atoms with Crippen molar-refractivity contribution in [3.8, 4) is 0 Å². The average Bonchev–Trinajstić information content (AvgIpc) is 2.10. The summed E-state index contributed by atoms with van der Waals surface area (Å²) in [5.41, 5.74) is 3.71. The molecule has 0 aromatic rings. The molecule has 0 atom stereocenters. The van der Waals surface area contributed by atoms with Gasteiger partial charge in [-0.1, -0.05) is 26.7 Å². The fourth-order valence-corrected chi connectivity index (χ4v) is 1.00. The first-order valence-corrected chi connectivity index (χ1v) is 4.74. The summed E-state index contributed by atoms with van der Waals surface area (Å²) >= 11 is 0. The maximum absolute atomic E-state index is 5.17. The molecule has 72 valence electrons. The summed E-state index contributed by atoms with van der Waals surface area (Å²) in [6.45, 7) is 5.36. The SMILES string of the molecule is CCCCCN/C(=C\NN)CC. The minimum absolute atomic E-state index is 0.996. The number of hydrogen-bond donors (Lipinski definition) is 3. The lowest BCUT2D eigenvalue weighted by Gasteiger charge is -2.07. The molecule has 0 aliphatic heterocycles. The average molecular weight is 171 g/mol. The summed E-state index contributed by atoms with van der Waals surface area (Å²) in [5, 5.41) is 3.32. The van der Waals surface area contributed by atoms with Gasteiger partial charge >= 0.3 is 0 Å². The zero-order chi connectivity index (χ0) is 9.23. The fourth-order valence-electron chi connectivity index (χ4n) is 1.00. The van der Waals surface area contributed by atoms with Crippen molar-refractivity contribution in [3.63, 3.8) is 0 Å². The highest BCUT2D eigenvalue weighted by Gasteiger charge is 1.91. The minimum atomic E-state index is 0.996. The summed E-state index contributed by atoms with van der Waals surface area (Å²) in [6, 6.07) is 0. The van der Waals surface area contributed by atoms with E-state index in [1.807, 2.05) is 6.20 Å². The third-order valence-electron chi connectivity index (χ3n) is 1.77. The number of hydrazine groups is 1. The van der Waals surface area contributed by atoms with Gasteiger partial charge in [-0.3, -0.25) is 5.84 Å². The molecule has 4 N–H and O–H groups in total. The number of unbranched alkanes of at least 4 members (excludes halogenated alkanes) is 2. The van der Waals surface area contributed by atoms with E-state index in [1.165, 1.54) is 25.0 Å². The van der Waals surface area contributed by atoms with Crippen LogP contribution in [-0.2, 0) is 0 Å². The molecule has 0 heterocycles. The monoisotopic (exact) mass is 171 g/mol. The lowest BCUT2D eigenvalue weighted by molar-refractivity contribution is 0.652. The van der Waals surface area contributed by atoms with E-state index in [0.29, 0.717) is 0 Å². The Labute approximate surface area is 75.4 Å². The van der Waals surface area contributed by atoms with Gasteiger partial charge in [0, 0.05) is 18.4 Å². The fraction of sp³-hybridized carbons (Fsp3) is 0.778. The predicted molar refractivity (Wildman–Crippen MR) is 53.2 cm³/mol. The topological polar surface area (TPSA) is 50.1 Å². The van der Waals surface area contributed by atoms with Crippen molar-refractivity contribution >= 4 is 0 Å². The maximum atomic E-state index is 5.17. The molecule has 0 saturated heterocycles. The Kier molecular flexibility index (Phi) is 7.91. The third-order valence-corrected chi connectivity index (χ3v) is 1.77. The second-order valence-electron chi connectivity index (χ2n) is 2.82. The molecule has 0 spiro atoms. The van der Waals surface area contributed by atoms with Crippen LogP contribution in [0.25, 0.3) is 0 Å². The molecule has 0 radical (unpaired) electrons. The molecule has 0 aromatic heterocycles. The van der Waals surface area contributed by atoms with E-state index in [4.69, 9.17) is 5.84 Å². The van der Waals surface area contributed by atoms with E-state index in [-0.39, 0.29) is 0 Å². The van der Waals surface area contributed by atoms with Gasteiger partial charge in [0.05, 0.1) is 0 Å². The highest BCUT2D eigenvalue weighted by Crippen LogP contribution is 1.96. The molecular weight excluding hydrogens is 150 g/mol. The van der Waals surface area contributed by atoms with Gasteiger partial charge in [0.2, 0.25) is 0 Å². The quantitative estimate of drug-likeness (QED) is 0.309. The molecule has 3 heteroatoms. The van der Waals surface area contributed by atoms with Crippen LogP contribution in [-0.4, -0.2) is 6.54 Å². The van der Waals surface area contributed by atoms with Crippen molar-refractivity contribution in [2.75, 3.05) is 6.54 Å². The normalized spacial score (nSPS) is 11.4. The van der Waals surface area contributed by atoms with Gasteiger partial charge in [0.1, 0.15) is 0 Å². The Morgan fingerprint density at radius 1 is 1.33 bits per heavy atom. The van der Waals surface area contributed by atoms with Gasteiger partial charge in [0.15, 0.2) is 0 Å². The number of nitrogens with two attached hydrogens (primary N) is 1. The number of hydrogen-bond acceptors (Lipinski definition) is 3. The highest BCUT2D eigenvalue weighted by molar-refractivity contribution is 4.95. The Hall–Kier alpha value is -0.700. The van der Waals surface area contributed by atoms with Crippen molar-refractivity contribution in [2.24, 2.45) is 5.84 Å². The second-order valence-corrected chi connectivity index (χ2v) is 2.82. The van der Waals surface area contributed by atoms with Gasteiger partial charge in [-0.2, -0.15) is 0 Å². The van der Waals surface area contributed by atoms with E-state index < -0.39 is 0 Å². The number of nitrogens with one attached hydrogen (secondary N) is 2. The van der Waals surface area contributed by atoms with Crippen molar-refractivity contribution in [1.82, 2.24) is 10.7 Å². The Balaban J connectivity index is 3.38. The standard InChI is InChI=1S/C9H21N3/c1-3-5-6-7-11-9(4-2)8-12-10/h8,11-12H,3-7,10H2,1-2H3/b9-8-. The molecule has 0 unspecified atom stereocenters. The van der Waals surface area contributed by atoms with Crippen LogP contribution in [0, 0.1) is 0 Å². The molecule has 0 aromatic carbocycles. The summed E-state index contributed by atoms with van der Waals surface area (Å²) in [6.07, 6.45) is 6.60. The predicted octanol–water partition coefficient (Wildman–Crippen LogP) is 1.48. The highest BCUT2D eigenvalue weighted by atomic mass is 15.2. The second kappa shape index (κ2) is 8.40. The van der Waals surface area contributed by atoms with E-state index in [9.17, 15) is 0 Å². The van der Waals surface area contributed by atoms with Crippen LogP contribution in [0.5, 0.6) is 0 Å². The molecule has 0 aliphatic rings. The minimum Gasteiger partial charge on any atom is -0.387 e. The van der Waals surface area contributed by atoms with Crippen LogP contribution in [0.2, 0.25) is 0 Å². The number of allylic oxidation sites excluding steroid dienone is 1. The first kappa shape index (κ1) is 11.3. The van der Waals surface area contributed by atoms with E-state index in [1.54, 1.807) is 0 Å². The summed E-state index contributed by atoms with van der Waals surface area (Å²) in [4.78, 5) is 0. The molecular formula is C9H21N3. The lowest BCUT2D eigenvalue weighted by Crippen LogP contribution is -2.21. The van der Waals surface area contributed by atoms with Crippen LogP contribution < -0.4 is 16.6 Å². The zero-order valence-electron chi connectivity index (χ0n) is 8.19. The van der Waals surface area contributed by atoms with Crippen LogP contribution in [0.4, 0.5) is 0 Å². The van der Waals surface area contributed by atoms with Crippen molar-refractivity contribution in [2.45, 2.75) is 39.5 Å². The first-order chi connectivity index (χ1) is 5.85. The van der Waals surface area contributed by atoms with Gasteiger partial charge in [-0.15, -0.1) is 0 Å². The van der Waals surface area contributed by atoms with Crippen molar-refractivity contribution in [3.05, 3.63) is 11.9 Å². The molecule has 0 amide bonds. The molecule has 0 saturated carbocycles. The molecule has 0 aliphatic carbocycles. The van der Waals surface area contributed by atoms with Crippen LogP contribution in [0.1, 0.15) is 39.5 Å². The van der Waals surface area contributed by atoms with E-state index in [0.717, 1.165) is 13.0 Å². The Morgan fingerprint density at radius 3 is 2.58 bits per heavy atom. The van der Waals surface area contributed by atoms with E-state index >= 15 is 0 Å². The van der Waals surface area contributed by atoms with Crippen LogP contribution in [0.15, 0.2) is 11.9 Å². The summed E-state index contributed by atoms with van der Waals surface area (Å²) in [5.74, 6) is 5.17. The van der Waals surface area contributed by atoms with Crippen molar-refractivity contribution < 1.29 is 0 Å². The Morgan fingerprint density at radius 2 is 2.08 bits per heavy atom. The summed E-state index contributed by atoms with van der Waals surface area (Å²) < 4.78 is 0. The molecule has 12 heavy (non-hydrogen) atoms. The largest absolute Gasteiger partial charge is 0.387 e. The van der Waals surface area contributed by atoms with Gasteiger partial charge in [0.25, 0.3) is 0 Å². The molecule has 3 nitrogen and oxygen atoms in total. The van der Waals surface area contributed by atoms with Crippen LogP contribution >= 0.6 is 0 Å². The van der Waals surface area contributed by atoms with Gasteiger partial charge in [-0.05, 0) is 12.8 Å². The zero-order valence-corrected chi connectivity index (χ0v) is 8.19. The first-order valence-electron chi connectivity index (χ1n) is 4.74. The smallest absolute Gasteiger partial charge is 0.0312 e. The maximum Gasteiger partial charge on any atom is 0.0312 e. The van der Waals surface area contributed by atoms with Gasteiger partial charge < -0.3 is 10.7 Å². The Bertz CT molecular complexity index is 121. The van der Waals surface area contributed by atoms with Gasteiger partial charge in [-0.25, -0.2) is 0 Å².